The molecule has 5 rings (SSSR count). The molecule has 142 valence electrons. The molecule has 0 N–H and O–H groups in total. The zero-order valence-electron chi connectivity index (χ0n) is 16.1. The molecule has 1 fully saturated rings. The van der Waals surface area contributed by atoms with Gasteiger partial charge < -0.3 is 4.90 Å². The van der Waals surface area contributed by atoms with Crippen LogP contribution in [0.1, 0.15) is 34.9 Å². The Balaban J connectivity index is 1.35. The number of nitriles is 1. The molecule has 1 atom stereocenters. The Morgan fingerprint density at radius 2 is 2.04 bits per heavy atom. The molecule has 2 aromatic heterocycles. The van der Waals surface area contributed by atoms with Gasteiger partial charge in [-0.25, -0.2) is 9.97 Å². The van der Waals surface area contributed by atoms with Gasteiger partial charge in [0.05, 0.1) is 17.0 Å². The second kappa shape index (κ2) is 7.16. The van der Waals surface area contributed by atoms with Crippen molar-refractivity contribution < 1.29 is 0 Å². The first kappa shape index (κ1) is 17.6. The Kier molecular flexibility index (Phi) is 4.50. The van der Waals surface area contributed by atoms with E-state index in [0.717, 1.165) is 42.4 Å². The van der Waals surface area contributed by atoms with Crippen LogP contribution >= 0.6 is 11.3 Å². The van der Waals surface area contributed by atoms with E-state index in [0.29, 0.717) is 6.04 Å². The Morgan fingerprint density at radius 3 is 2.82 bits per heavy atom. The van der Waals surface area contributed by atoms with Crippen LogP contribution in [0.25, 0.3) is 10.2 Å². The van der Waals surface area contributed by atoms with Crippen LogP contribution in [0.3, 0.4) is 0 Å². The Labute approximate surface area is 169 Å². The molecule has 0 saturated carbocycles. The predicted molar refractivity (Wildman–Crippen MR) is 113 cm³/mol. The predicted octanol–water partition coefficient (Wildman–Crippen LogP) is 3.76. The standard InChI is InChI=1S/C22H23N5S/c1-15-12-26(13-17-7-5-16(11-23)6-8-17)9-10-27(15)21-20-18-3-2-4-19(18)28-22(20)25-14-24-21/h5-8,14-15H,2-4,9-10,12-13H2,1H3/t15-/m0/s1. The van der Waals surface area contributed by atoms with Gasteiger partial charge in [-0.3, -0.25) is 4.90 Å². The molecule has 1 aliphatic heterocycles. The number of aromatic nitrogens is 2. The summed E-state index contributed by atoms with van der Waals surface area (Å²) in [5.41, 5.74) is 3.49. The van der Waals surface area contributed by atoms with Crippen molar-refractivity contribution in [3.8, 4) is 6.07 Å². The van der Waals surface area contributed by atoms with Gasteiger partial charge in [0.2, 0.25) is 0 Å². The highest BCUT2D eigenvalue weighted by molar-refractivity contribution is 7.19. The number of thiophene rings is 1. The molecule has 5 nitrogen and oxygen atoms in total. The van der Waals surface area contributed by atoms with Crippen LogP contribution in [0.15, 0.2) is 30.6 Å². The SMILES string of the molecule is C[C@H]1CN(Cc2ccc(C#N)cc2)CCN1c1ncnc2sc3c(c12)CCC3. The van der Waals surface area contributed by atoms with Gasteiger partial charge in [-0.2, -0.15) is 5.26 Å². The summed E-state index contributed by atoms with van der Waals surface area (Å²) in [6, 6.07) is 10.5. The highest BCUT2D eigenvalue weighted by Crippen LogP contribution is 2.40. The van der Waals surface area contributed by atoms with E-state index in [9.17, 15) is 0 Å². The summed E-state index contributed by atoms with van der Waals surface area (Å²) in [7, 11) is 0. The van der Waals surface area contributed by atoms with E-state index in [4.69, 9.17) is 10.2 Å². The van der Waals surface area contributed by atoms with Gasteiger partial charge in [0, 0.05) is 37.1 Å². The van der Waals surface area contributed by atoms with Crippen molar-refractivity contribution in [1.29, 1.82) is 5.26 Å². The molecule has 1 saturated heterocycles. The van der Waals surface area contributed by atoms with Crippen LogP contribution in [-0.4, -0.2) is 40.5 Å². The zero-order chi connectivity index (χ0) is 19.1. The molecule has 0 spiro atoms. The van der Waals surface area contributed by atoms with Crippen molar-refractivity contribution in [3.05, 3.63) is 52.2 Å². The highest BCUT2D eigenvalue weighted by atomic mass is 32.1. The topological polar surface area (TPSA) is 56.1 Å². The summed E-state index contributed by atoms with van der Waals surface area (Å²) < 4.78 is 0. The fourth-order valence-corrected chi connectivity index (χ4v) is 5.79. The first-order valence-electron chi connectivity index (χ1n) is 9.96. The molecule has 6 heteroatoms. The van der Waals surface area contributed by atoms with E-state index in [2.05, 4.69) is 39.9 Å². The van der Waals surface area contributed by atoms with Crippen molar-refractivity contribution in [2.75, 3.05) is 24.5 Å². The van der Waals surface area contributed by atoms with Crippen molar-refractivity contribution in [3.63, 3.8) is 0 Å². The van der Waals surface area contributed by atoms with E-state index in [1.807, 2.05) is 23.5 Å². The van der Waals surface area contributed by atoms with E-state index in [1.54, 1.807) is 6.33 Å². The third kappa shape index (κ3) is 3.05. The Morgan fingerprint density at radius 1 is 1.18 bits per heavy atom. The van der Waals surface area contributed by atoms with Gasteiger partial charge in [0.1, 0.15) is 17.0 Å². The summed E-state index contributed by atoms with van der Waals surface area (Å²) in [6.45, 7) is 6.23. The monoisotopic (exact) mass is 389 g/mol. The van der Waals surface area contributed by atoms with E-state index >= 15 is 0 Å². The maximum absolute atomic E-state index is 8.96. The number of hydrogen-bond donors (Lipinski definition) is 0. The molecule has 0 amide bonds. The van der Waals surface area contributed by atoms with Crippen LogP contribution in [0.4, 0.5) is 5.82 Å². The molecule has 2 aliphatic rings. The first-order valence-corrected chi connectivity index (χ1v) is 10.8. The summed E-state index contributed by atoms with van der Waals surface area (Å²) in [6.07, 6.45) is 5.37. The molecule has 3 heterocycles. The molecular weight excluding hydrogens is 366 g/mol. The van der Waals surface area contributed by atoms with Crippen LogP contribution in [0, 0.1) is 11.3 Å². The summed E-state index contributed by atoms with van der Waals surface area (Å²) in [4.78, 5) is 16.9. The minimum Gasteiger partial charge on any atom is -0.351 e. The number of hydrogen-bond acceptors (Lipinski definition) is 6. The van der Waals surface area contributed by atoms with Crippen molar-refractivity contribution in [2.45, 2.75) is 38.8 Å². The fourth-order valence-electron chi connectivity index (χ4n) is 4.56. The summed E-state index contributed by atoms with van der Waals surface area (Å²) in [5.74, 6) is 1.13. The van der Waals surface area contributed by atoms with Gasteiger partial charge in [-0.05, 0) is 49.4 Å². The summed E-state index contributed by atoms with van der Waals surface area (Å²) >= 11 is 1.86. The van der Waals surface area contributed by atoms with Gasteiger partial charge in [0.15, 0.2) is 0 Å². The molecule has 0 unspecified atom stereocenters. The lowest BCUT2D eigenvalue weighted by Crippen LogP contribution is -2.52. The van der Waals surface area contributed by atoms with E-state index < -0.39 is 0 Å². The molecule has 3 aromatic rings. The smallest absolute Gasteiger partial charge is 0.141 e. The number of benzene rings is 1. The minimum absolute atomic E-state index is 0.405. The number of aryl methyl sites for hydroxylation is 2. The number of rotatable bonds is 3. The lowest BCUT2D eigenvalue weighted by molar-refractivity contribution is 0.220. The number of anilines is 1. The van der Waals surface area contributed by atoms with Gasteiger partial charge in [0.25, 0.3) is 0 Å². The second-order valence-electron chi connectivity index (χ2n) is 7.82. The number of piperazine rings is 1. The maximum atomic E-state index is 8.96. The molecule has 28 heavy (non-hydrogen) atoms. The first-order chi connectivity index (χ1) is 13.7. The Hall–Kier alpha value is -2.49. The summed E-state index contributed by atoms with van der Waals surface area (Å²) in [5, 5.41) is 10.3. The molecule has 0 radical (unpaired) electrons. The second-order valence-corrected chi connectivity index (χ2v) is 8.90. The van der Waals surface area contributed by atoms with E-state index in [-0.39, 0.29) is 0 Å². The van der Waals surface area contributed by atoms with Gasteiger partial charge >= 0.3 is 0 Å². The lowest BCUT2D eigenvalue weighted by Gasteiger charge is -2.41. The molecule has 0 bridgehead atoms. The molecule has 1 aliphatic carbocycles. The molecule has 1 aromatic carbocycles. The molecular formula is C22H23N5S. The Bertz CT molecular complexity index is 1050. The van der Waals surface area contributed by atoms with Crippen LogP contribution in [0.5, 0.6) is 0 Å². The van der Waals surface area contributed by atoms with Gasteiger partial charge in [-0.15, -0.1) is 11.3 Å². The van der Waals surface area contributed by atoms with Crippen LogP contribution in [0.2, 0.25) is 0 Å². The normalized spacial score (nSPS) is 19.7. The van der Waals surface area contributed by atoms with Crippen LogP contribution < -0.4 is 4.90 Å². The van der Waals surface area contributed by atoms with Gasteiger partial charge in [-0.1, -0.05) is 12.1 Å². The average Bonchev–Trinajstić information content (AvgIpc) is 3.30. The minimum atomic E-state index is 0.405. The van der Waals surface area contributed by atoms with Crippen molar-refractivity contribution in [2.24, 2.45) is 0 Å². The quantitative estimate of drug-likeness (QED) is 0.683. The third-order valence-electron chi connectivity index (χ3n) is 5.95. The highest BCUT2D eigenvalue weighted by Gasteiger charge is 2.29. The zero-order valence-corrected chi connectivity index (χ0v) is 16.9. The van der Waals surface area contributed by atoms with Crippen molar-refractivity contribution in [1.82, 2.24) is 14.9 Å². The average molecular weight is 390 g/mol. The fraction of sp³-hybridized carbons (Fsp3) is 0.409. The van der Waals surface area contributed by atoms with E-state index in [1.165, 1.54) is 40.7 Å². The van der Waals surface area contributed by atoms with Crippen LogP contribution in [-0.2, 0) is 19.4 Å². The maximum Gasteiger partial charge on any atom is 0.141 e. The third-order valence-corrected chi connectivity index (χ3v) is 7.15. The number of fused-ring (bicyclic) bond motifs is 3. The van der Waals surface area contributed by atoms with Crippen molar-refractivity contribution >= 4 is 27.4 Å². The lowest BCUT2D eigenvalue weighted by atomic mass is 10.1. The number of nitrogens with zero attached hydrogens (tertiary/aromatic N) is 5. The largest absolute Gasteiger partial charge is 0.351 e.